The van der Waals surface area contributed by atoms with E-state index in [4.69, 9.17) is 9.72 Å². The molecule has 4 rings (SSSR count). The van der Waals surface area contributed by atoms with E-state index in [1.165, 1.54) is 4.31 Å². The summed E-state index contributed by atoms with van der Waals surface area (Å²) in [6.07, 6.45) is 3.56. The number of likely N-dealkylation sites (N-methyl/N-ethyl adjacent to an activating group) is 1. The Morgan fingerprint density at radius 2 is 1.94 bits per heavy atom. The number of piperazine rings is 1. The molecular formula is C20H30N6O4S2. The van der Waals surface area contributed by atoms with E-state index in [1.54, 1.807) is 17.8 Å². The van der Waals surface area contributed by atoms with Crippen LogP contribution in [0.5, 0.6) is 0 Å². The van der Waals surface area contributed by atoms with E-state index >= 15 is 0 Å². The summed E-state index contributed by atoms with van der Waals surface area (Å²) in [4.78, 5) is 21.5. The molecule has 1 fully saturated rings. The van der Waals surface area contributed by atoms with Crippen LogP contribution in [0.1, 0.15) is 38.2 Å². The number of H-pyrrole nitrogens is 1. The van der Waals surface area contributed by atoms with Crippen molar-refractivity contribution >= 4 is 32.8 Å². The summed E-state index contributed by atoms with van der Waals surface area (Å²) in [7, 11) is 0.0751. The maximum atomic E-state index is 13.3. The van der Waals surface area contributed by atoms with E-state index in [9.17, 15) is 13.2 Å². The van der Waals surface area contributed by atoms with Gasteiger partial charge in [-0.2, -0.15) is 9.40 Å². The highest BCUT2D eigenvalue weighted by atomic mass is 32.3. The molecule has 32 heavy (non-hydrogen) atoms. The van der Waals surface area contributed by atoms with Gasteiger partial charge in [-0.15, -0.1) is 0 Å². The number of thioether (sulfide) groups is 1. The van der Waals surface area contributed by atoms with Crippen LogP contribution in [0.25, 0.3) is 11.0 Å². The van der Waals surface area contributed by atoms with Crippen molar-refractivity contribution in [3.05, 3.63) is 32.2 Å². The number of nitrogens with zero attached hydrogens (tertiary/aromatic N) is 5. The number of rotatable bonds is 7. The minimum absolute atomic E-state index is 0.248. The van der Waals surface area contributed by atoms with Gasteiger partial charge in [0.25, 0.3) is 5.56 Å². The average molecular weight is 483 g/mol. The first kappa shape index (κ1) is 23.4. The molecule has 1 unspecified atom stereocenters. The zero-order valence-corrected chi connectivity index (χ0v) is 20.6. The Balaban J connectivity index is 1.71. The Bertz CT molecular complexity index is 1200. The summed E-state index contributed by atoms with van der Waals surface area (Å²) < 4.78 is 36.0. The van der Waals surface area contributed by atoms with E-state index in [2.05, 4.69) is 15.0 Å². The number of hydrogen-bond acceptors (Lipinski definition) is 8. The van der Waals surface area contributed by atoms with E-state index in [-0.39, 0.29) is 9.80 Å². The van der Waals surface area contributed by atoms with Gasteiger partial charge in [0.1, 0.15) is 9.75 Å². The van der Waals surface area contributed by atoms with Gasteiger partial charge in [-0.3, -0.25) is 9.48 Å². The molecule has 176 valence electrons. The number of aryl methyl sites for hydroxylation is 2. The SMILES string of the molecule is CCCc1nn(C)c2c(=O)[nH]c(C3(OCC)CC=C(S(=O)(=O)N4CCN(C)CC4)S3)nc12. The van der Waals surface area contributed by atoms with Gasteiger partial charge in [-0.25, -0.2) is 13.4 Å². The quantitative estimate of drug-likeness (QED) is 0.629. The van der Waals surface area contributed by atoms with Crippen molar-refractivity contribution in [3.8, 4) is 0 Å². The molecule has 1 atom stereocenters. The molecule has 12 heteroatoms. The van der Waals surface area contributed by atoms with Crippen LogP contribution in [-0.4, -0.2) is 77.2 Å². The van der Waals surface area contributed by atoms with E-state index in [1.807, 2.05) is 20.9 Å². The molecule has 2 aromatic rings. The Kier molecular flexibility index (Phi) is 6.52. The van der Waals surface area contributed by atoms with Crippen LogP contribution in [0, 0.1) is 0 Å². The molecule has 0 saturated carbocycles. The Morgan fingerprint density at radius 3 is 2.59 bits per heavy atom. The fraction of sp³-hybridized carbons (Fsp3) is 0.650. The van der Waals surface area contributed by atoms with Gasteiger partial charge in [0.15, 0.2) is 16.3 Å². The summed E-state index contributed by atoms with van der Waals surface area (Å²) in [6.45, 7) is 6.53. The van der Waals surface area contributed by atoms with Crippen LogP contribution in [-0.2, 0) is 33.2 Å². The minimum atomic E-state index is -3.63. The third-order valence-electron chi connectivity index (χ3n) is 5.85. The normalized spacial score (nSPS) is 23.2. The fourth-order valence-electron chi connectivity index (χ4n) is 4.14. The van der Waals surface area contributed by atoms with Crippen LogP contribution in [0.4, 0.5) is 0 Å². The van der Waals surface area contributed by atoms with E-state index in [0.717, 1.165) is 23.9 Å². The fourth-order valence-corrected chi connectivity index (χ4v) is 7.51. The van der Waals surface area contributed by atoms with Gasteiger partial charge < -0.3 is 14.6 Å². The first-order valence-corrected chi connectivity index (χ1v) is 13.2. The van der Waals surface area contributed by atoms with Gasteiger partial charge in [0.05, 0.1) is 5.69 Å². The topological polar surface area (TPSA) is 113 Å². The monoisotopic (exact) mass is 482 g/mol. The van der Waals surface area contributed by atoms with Crippen molar-refractivity contribution in [1.82, 2.24) is 29.0 Å². The van der Waals surface area contributed by atoms with Crippen molar-refractivity contribution < 1.29 is 13.2 Å². The molecular weight excluding hydrogens is 452 g/mol. The maximum absolute atomic E-state index is 13.3. The molecule has 0 aliphatic carbocycles. The molecule has 10 nitrogen and oxygen atoms in total. The Morgan fingerprint density at radius 1 is 1.22 bits per heavy atom. The van der Waals surface area contributed by atoms with E-state index < -0.39 is 15.0 Å². The third kappa shape index (κ3) is 4.03. The van der Waals surface area contributed by atoms with Crippen LogP contribution >= 0.6 is 11.8 Å². The smallest absolute Gasteiger partial charge is 0.277 e. The molecule has 1 N–H and O–H groups in total. The lowest BCUT2D eigenvalue weighted by Crippen LogP contribution is -2.47. The second-order valence-electron chi connectivity index (χ2n) is 8.15. The van der Waals surface area contributed by atoms with Gasteiger partial charge in [-0.05, 0) is 20.4 Å². The molecule has 0 radical (unpaired) electrons. The van der Waals surface area contributed by atoms with Gasteiger partial charge in [0, 0.05) is 46.3 Å². The van der Waals surface area contributed by atoms with Gasteiger partial charge >= 0.3 is 0 Å². The van der Waals surface area contributed by atoms with Crippen molar-refractivity contribution in [2.45, 2.75) is 38.0 Å². The number of ether oxygens (including phenoxy) is 1. The Labute approximate surface area is 192 Å². The zero-order valence-electron chi connectivity index (χ0n) is 18.9. The summed E-state index contributed by atoms with van der Waals surface area (Å²) in [5, 5.41) is 4.47. The number of aromatic amines is 1. The number of nitrogens with one attached hydrogen (secondary N) is 1. The van der Waals surface area contributed by atoms with Crippen LogP contribution in [0.15, 0.2) is 15.1 Å². The summed E-state index contributed by atoms with van der Waals surface area (Å²) in [5.41, 5.74) is 1.40. The predicted octanol–water partition coefficient (Wildman–Crippen LogP) is 1.35. The van der Waals surface area contributed by atoms with Crippen molar-refractivity contribution in [2.24, 2.45) is 7.05 Å². The molecule has 0 aromatic carbocycles. The van der Waals surface area contributed by atoms with Crippen molar-refractivity contribution in [1.29, 1.82) is 0 Å². The molecule has 2 aliphatic rings. The predicted molar refractivity (Wildman–Crippen MR) is 125 cm³/mol. The number of fused-ring (bicyclic) bond motifs is 1. The summed E-state index contributed by atoms with van der Waals surface area (Å²) >= 11 is 1.12. The first-order valence-electron chi connectivity index (χ1n) is 10.9. The molecule has 0 spiro atoms. The van der Waals surface area contributed by atoms with Gasteiger partial charge in [0.2, 0.25) is 10.0 Å². The number of sulfonamides is 1. The second-order valence-corrected chi connectivity index (χ2v) is 11.6. The standard InChI is InChI=1S/C20H30N6O4S2/c1-5-7-14-16-17(25(4)23-14)18(27)22-19(21-16)20(30-6-2)9-8-15(31-20)32(28,29)26-12-10-24(3)11-13-26/h8H,5-7,9-13H2,1-4H3,(H,21,22,27). The zero-order chi connectivity index (χ0) is 23.1. The van der Waals surface area contributed by atoms with Crippen molar-refractivity contribution in [3.63, 3.8) is 0 Å². The first-order chi connectivity index (χ1) is 15.2. The number of hydrogen-bond donors (Lipinski definition) is 1. The minimum Gasteiger partial charge on any atom is -0.356 e. The lowest BCUT2D eigenvalue weighted by molar-refractivity contribution is 0.0298. The molecule has 4 heterocycles. The summed E-state index contributed by atoms with van der Waals surface area (Å²) in [6, 6.07) is 0. The van der Waals surface area contributed by atoms with Crippen LogP contribution < -0.4 is 5.56 Å². The molecule has 2 aromatic heterocycles. The lowest BCUT2D eigenvalue weighted by atomic mass is 10.2. The van der Waals surface area contributed by atoms with Crippen LogP contribution in [0.3, 0.4) is 0 Å². The Hall–Kier alpha value is -1.73. The second kappa shape index (κ2) is 8.90. The van der Waals surface area contributed by atoms with E-state index in [0.29, 0.717) is 62.5 Å². The van der Waals surface area contributed by atoms with Gasteiger partial charge in [-0.1, -0.05) is 31.2 Å². The highest BCUT2D eigenvalue weighted by molar-refractivity contribution is 8.18. The third-order valence-corrected chi connectivity index (χ3v) is 9.62. The number of aromatic nitrogens is 4. The lowest BCUT2D eigenvalue weighted by Gasteiger charge is -2.32. The van der Waals surface area contributed by atoms with Crippen molar-refractivity contribution in [2.75, 3.05) is 39.8 Å². The highest BCUT2D eigenvalue weighted by Gasteiger charge is 2.46. The van der Waals surface area contributed by atoms with Crippen LogP contribution in [0.2, 0.25) is 0 Å². The molecule has 1 saturated heterocycles. The molecule has 0 bridgehead atoms. The highest BCUT2D eigenvalue weighted by Crippen LogP contribution is 2.51. The molecule has 0 amide bonds. The average Bonchev–Trinajstić information content (AvgIpc) is 3.32. The summed E-state index contributed by atoms with van der Waals surface area (Å²) in [5.74, 6) is 0.326. The molecule has 2 aliphatic heterocycles. The largest absolute Gasteiger partial charge is 0.356 e. The maximum Gasteiger partial charge on any atom is 0.277 e.